The maximum Gasteiger partial charge on any atom is 0.230 e. The number of halogens is 1. The number of nitrogens with one attached hydrogen (secondary N) is 1. The first-order chi connectivity index (χ1) is 10.1. The Balaban J connectivity index is 1.75. The molecule has 0 saturated carbocycles. The number of rotatable bonds is 6. The van der Waals surface area contributed by atoms with Crippen molar-refractivity contribution < 1.29 is 9.18 Å². The van der Waals surface area contributed by atoms with E-state index in [0.717, 1.165) is 11.3 Å². The third kappa shape index (κ3) is 5.23. The van der Waals surface area contributed by atoms with Gasteiger partial charge in [-0.05, 0) is 30.2 Å². The average Bonchev–Trinajstić information content (AvgIpc) is 2.49. The standard InChI is InChI=1S/C17H18FNOS/c1-13(15-7-9-16(18)10-8-15)19-17(20)12-21-11-14-5-3-2-4-6-14/h2-10,13H,11-12H2,1H3,(H,19,20)/t13-/m0/s1. The Morgan fingerprint density at radius 1 is 1.14 bits per heavy atom. The number of carbonyl (C=O) groups is 1. The predicted molar refractivity (Wildman–Crippen MR) is 85.6 cm³/mol. The van der Waals surface area contributed by atoms with E-state index in [1.54, 1.807) is 23.9 Å². The molecule has 1 atom stereocenters. The number of hydrogen-bond donors (Lipinski definition) is 1. The second kappa shape index (κ2) is 7.84. The van der Waals surface area contributed by atoms with Gasteiger partial charge in [-0.15, -0.1) is 11.8 Å². The lowest BCUT2D eigenvalue weighted by atomic mass is 10.1. The molecule has 1 N–H and O–H groups in total. The van der Waals surface area contributed by atoms with E-state index in [-0.39, 0.29) is 17.8 Å². The van der Waals surface area contributed by atoms with Crippen LogP contribution in [-0.2, 0) is 10.5 Å². The van der Waals surface area contributed by atoms with Gasteiger partial charge in [-0.1, -0.05) is 42.5 Å². The summed E-state index contributed by atoms with van der Waals surface area (Å²) in [5.41, 5.74) is 2.11. The summed E-state index contributed by atoms with van der Waals surface area (Å²) < 4.78 is 12.8. The van der Waals surface area contributed by atoms with Crippen molar-refractivity contribution in [2.45, 2.75) is 18.7 Å². The number of carbonyl (C=O) groups excluding carboxylic acids is 1. The molecule has 0 saturated heterocycles. The second-order valence-corrected chi connectivity index (χ2v) is 5.80. The van der Waals surface area contributed by atoms with Gasteiger partial charge >= 0.3 is 0 Å². The summed E-state index contributed by atoms with van der Waals surface area (Å²) in [6, 6.07) is 16.1. The largest absolute Gasteiger partial charge is 0.349 e. The Morgan fingerprint density at radius 3 is 2.48 bits per heavy atom. The van der Waals surface area contributed by atoms with E-state index in [1.807, 2.05) is 37.3 Å². The first kappa shape index (κ1) is 15.6. The van der Waals surface area contributed by atoms with Crippen LogP contribution in [0.1, 0.15) is 24.1 Å². The zero-order chi connectivity index (χ0) is 15.1. The minimum Gasteiger partial charge on any atom is -0.349 e. The maximum atomic E-state index is 12.8. The molecule has 0 spiro atoms. The van der Waals surface area contributed by atoms with Gasteiger partial charge in [0.05, 0.1) is 11.8 Å². The zero-order valence-electron chi connectivity index (χ0n) is 11.9. The molecule has 0 radical (unpaired) electrons. The average molecular weight is 303 g/mol. The number of thioether (sulfide) groups is 1. The summed E-state index contributed by atoms with van der Waals surface area (Å²) >= 11 is 1.58. The van der Waals surface area contributed by atoms with E-state index in [2.05, 4.69) is 5.32 Å². The molecule has 1 amide bonds. The lowest BCUT2D eigenvalue weighted by molar-refractivity contribution is -0.119. The van der Waals surface area contributed by atoms with Crippen LogP contribution in [0.5, 0.6) is 0 Å². The van der Waals surface area contributed by atoms with Crippen LogP contribution in [0.2, 0.25) is 0 Å². The van der Waals surface area contributed by atoms with Crippen LogP contribution in [-0.4, -0.2) is 11.7 Å². The Labute approximate surface area is 128 Å². The van der Waals surface area contributed by atoms with Crippen LogP contribution < -0.4 is 5.32 Å². The van der Waals surface area contributed by atoms with Crippen LogP contribution >= 0.6 is 11.8 Å². The van der Waals surface area contributed by atoms with Crippen molar-refractivity contribution in [3.05, 3.63) is 71.5 Å². The third-order valence-electron chi connectivity index (χ3n) is 3.09. The van der Waals surface area contributed by atoms with E-state index in [1.165, 1.54) is 17.7 Å². The fourth-order valence-corrected chi connectivity index (χ4v) is 2.75. The highest BCUT2D eigenvalue weighted by atomic mass is 32.2. The molecule has 0 unspecified atom stereocenters. The molecule has 2 aromatic carbocycles. The van der Waals surface area contributed by atoms with Crippen molar-refractivity contribution in [3.8, 4) is 0 Å². The lowest BCUT2D eigenvalue weighted by Gasteiger charge is -2.14. The number of amides is 1. The zero-order valence-corrected chi connectivity index (χ0v) is 12.7. The van der Waals surface area contributed by atoms with Gasteiger partial charge in [-0.2, -0.15) is 0 Å². The Hall–Kier alpha value is -1.81. The van der Waals surface area contributed by atoms with Crippen molar-refractivity contribution in [3.63, 3.8) is 0 Å². The molecule has 0 aromatic heterocycles. The number of benzene rings is 2. The van der Waals surface area contributed by atoms with Crippen LogP contribution in [0.4, 0.5) is 4.39 Å². The fraction of sp³-hybridized carbons (Fsp3) is 0.235. The summed E-state index contributed by atoms with van der Waals surface area (Å²) in [6.07, 6.45) is 0. The van der Waals surface area contributed by atoms with Crippen molar-refractivity contribution in [2.75, 3.05) is 5.75 Å². The summed E-state index contributed by atoms with van der Waals surface area (Å²) in [5, 5.41) is 2.92. The molecule has 2 nitrogen and oxygen atoms in total. The van der Waals surface area contributed by atoms with Gasteiger partial charge in [-0.25, -0.2) is 4.39 Å². The first-order valence-corrected chi connectivity index (χ1v) is 7.97. The van der Waals surface area contributed by atoms with Gasteiger partial charge in [0, 0.05) is 5.75 Å². The molecule has 0 heterocycles. The van der Waals surface area contributed by atoms with Crippen LogP contribution in [0.3, 0.4) is 0 Å². The minimum absolute atomic E-state index is 0.00671. The Bertz CT molecular complexity index is 571. The van der Waals surface area contributed by atoms with Crippen LogP contribution in [0, 0.1) is 5.82 Å². The molecule has 21 heavy (non-hydrogen) atoms. The van der Waals surface area contributed by atoms with E-state index >= 15 is 0 Å². The van der Waals surface area contributed by atoms with Crippen LogP contribution in [0.25, 0.3) is 0 Å². The molecule has 110 valence electrons. The quantitative estimate of drug-likeness (QED) is 0.876. The lowest BCUT2D eigenvalue weighted by Crippen LogP contribution is -2.28. The van der Waals surface area contributed by atoms with E-state index < -0.39 is 0 Å². The first-order valence-electron chi connectivity index (χ1n) is 6.81. The molecular weight excluding hydrogens is 285 g/mol. The predicted octanol–water partition coefficient (Wildman–Crippen LogP) is 3.94. The van der Waals surface area contributed by atoms with Gasteiger partial charge in [0.1, 0.15) is 5.82 Å². The van der Waals surface area contributed by atoms with Gasteiger partial charge in [0.15, 0.2) is 0 Å². The SMILES string of the molecule is C[C@H](NC(=O)CSCc1ccccc1)c1ccc(F)cc1. The van der Waals surface area contributed by atoms with Crippen molar-refractivity contribution >= 4 is 17.7 Å². The number of hydrogen-bond acceptors (Lipinski definition) is 2. The summed E-state index contributed by atoms with van der Waals surface area (Å²) in [4.78, 5) is 11.9. The Morgan fingerprint density at radius 2 is 1.81 bits per heavy atom. The topological polar surface area (TPSA) is 29.1 Å². The fourth-order valence-electron chi connectivity index (χ4n) is 1.95. The maximum absolute atomic E-state index is 12.8. The van der Waals surface area contributed by atoms with Gasteiger partial charge in [-0.3, -0.25) is 4.79 Å². The van der Waals surface area contributed by atoms with E-state index in [0.29, 0.717) is 5.75 Å². The van der Waals surface area contributed by atoms with Gasteiger partial charge in [0.25, 0.3) is 0 Å². The normalized spacial score (nSPS) is 11.9. The molecule has 0 aliphatic heterocycles. The smallest absolute Gasteiger partial charge is 0.230 e. The molecular formula is C17H18FNOS. The third-order valence-corrected chi connectivity index (χ3v) is 4.10. The Kier molecular flexibility index (Phi) is 5.81. The summed E-state index contributed by atoms with van der Waals surface area (Å²) in [7, 11) is 0. The van der Waals surface area contributed by atoms with Crippen LogP contribution in [0.15, 0.2) is 54.6 Å². The van der Waals surface area contributed by atoms with Crippen molar-refractivity contribution in [1.29, 1.82) is 0 Å². The van der Waals surface area contributed by atoms with Crippen molar-refractivity contribution in [2.24, 2.45) is 0 Å². The molecule has 0 bridgehead atoms. The molecule has 4 heteroatoms. The highest BCUT2D eigenvalue weighted by molar-refractivity contribution is 7.99. The second-order valence-electron chi connectivity index (χ2n) is 4.82. The molecule has 0 aliphatic carbocycles. The molecule has 2 rings (SSSR count). The monoisotopic (exact) mass is 303 g/mol. The van der Waals surface area contributed by atoms with E-state index in [4.69, 9.17) is 0 Å². The van der Waals surface area contributed by atoms with E-state index in [9.17, 15) is 9.18 Å². The summed E-state index contributed by atoms with van der Waals surface area (Å²) in [6.45, 7) is 1.90. The van der Waals surface area contributed by atoms with Gasteiger partial charge in [0.2, 0.25) is 5.91 Å². The minimum atomic E-state index is -0.268. The molecule has 2 aromatic rings. The highest BCUT2D eigenvalue weighted by Crippen LogP contribution is 2.14. The molecule has 0 aliphatic rings. The van der Waals surface area contributed by atoms with Crippen molar-refractivity contribution in [1.82, 2.24) is 5.32 Å². The summed E-state index contributed by atoms with van der Waals surface area (Å²) in [5.74, 6) is 0.961. The van der Waals surface area contributed by atoms with Gasteiger partial charge < -0.3 is 5.32 Å². The molecule has 0 fully saturated rings. The highest BCUT2D eigenvalue weighted by Gasteiger charge is 2.09.